The lowest BCUT2D eigenvalue weighted by Crippen LogP contribution is -2.24. The number of methoxy groups -OCH3 is 1. The molecule has 96 valence electrons. The molecule has 0 aliphatic heterocycles. The second kappa shape index (κ2) is 5.91. The van der Waals surface area contributed by atoms with E-state index in [4.69, 9.17) is 27.9 Å². The first-order valence-corrected chi connectivity index (χ1v) is 7.29. The molecule has 0 radical (unpaired) electrons. The molecular formula is C10H13Cl2NO3S. The maximum absolute atomic E-state index is 11.3. The molecule has 0 heterocycles. The van der Waals surface area contributed by atoms with E-state index >= 15 is 0 Å². The van der Waals surface area contributed by atoms with Crippen molar-refractivity contribution in [3.05, 3.63) is 27.7 Å². The molecule has 0 aromatic heterocycles. The van der Waals surface area contributed by atoms with E-state index in [0.717, 1.165) is 0 Å². The van der Waals surface area contributed by atoms with Crippen LogP contribution in [0.3, 0.4) is 0 Å². The maximum atomic E-state index is 11.3. The highest BCUT2D eigenvalue weighted by atomic mass is 35.5. The largest absolute Gasteiger partial charge is 0.495 e. The van der Waals surface area contributed by atoms with Crippen molar-refractivity contribution in [1.82, 2.24) is 4.72 Å². The zero-order valence-electron chi connectivity index (χ0n) is 9.46. The van der Waals surface area contributed by atoms with Gasteiger partial charge in [0.2, 0.25) is 10.0 Å². The van der Waals surface area contributed by atoms with Gasteiger partial charge in [0, 0.05) is 17.1 Å². The Bertz CT molecular complexity index is 503. The van der Waals surface area contributed by atoms with Gasteiger partial charge in [0.15, 0.2) is 0 Å². The van der Waals surface area contributed by atoms with Crippen molar-refractivity contribution in [1.29, 1.82) is 0 Å². The van der Waals surface area contributed by atoms with E-state index in [9.17, 15) is 8.42 Å². The van der Waals surface area contributed by atoms with Crippen molar-refractivity contribution < 1.29 is 13.2 Å². The molecule has 0 fully saturated rings. The topological polar surface area (TPSA) is 55.4 Å². The number of hydrogen-bond donors (Lipinski definition) is 1. The summed E-state index contributed by atoms with van der Waals surface area (Å²) in [6.07, 6.45) is 0. The fraction of sp³-hybridized carbons (Fsp3) is 0.400. The molecule has 0 saturated carbocycles. The van der Waals surface area contributed by atoms with Gasteiger partial charge in [-0.3, -0.25) is 0 Å². The first-order chi connectivity index (χ1) is 7.89. The molecule has 1 aromatic rings. The summed E-state index contributed by atoms with van der Waals surface area (Å²) in [5, 5.41) is 0.784. The molecule has 0 unspecified atom stereocenters. The lowest BCUT2D eigenvalue weighted by atomic mass is 10.2. The van der Waals surface area contributed by atoms with Crippen LogP contribution < -0.4 is 9.46 Å². The zero-order valence-corrected chi connectivity index (χ0v) is 11.8. The van der Waals surface area contributed by atoms with Crippen molar-refractivity contribution in [3.8, 4) is 5.75 Å². The smallest absolute Gasteiger partial charge is 0.211 e. The van der Waals surface area contributed by atoms with E-state index in [2.05, 4.69) is 4.72 Å². The summed E-state index contributed by atoms with van der Waals surface area (Å²) in [5.41, 5.74) is 0.599. The Morgan fingerprint density at radius 2 is 2.00 bits per heavy atom. The lowest BCUT2D eigenvalue weighted by molar-refractivity contribution is 0.409. The molecule has 0 spiro atoms. The number of hydrogen-bond acceptors (Lipinski definition) is 3. The van der Waals surface area contributed by atoms with Gasteiger partial charge in [0.05, 0.1) is 17.9 Å². The minimum atomic E-state index is -3.26. The van der Waals surface area contributed by atoms with Crippen molar-refractivity contribution >= 4 is 33.2 Å². The highest BCUT2D eigenvalue weighted by Gasteiger charge is 2.12. The maximum Gasteiger partial charge on any atom is 0.211 e. The van der Waals surface area contributed by atoms with Crippen LogP contribution in [0.2, 0.25) is 10.0 Å². The molecular weight excluding hydrogens is 285 g/mol. The van der Waals surface area contributed by atoms with E-state index < -0.39 is 10.0 Å². The van der Waals surface area contributed by atoms with Gasteiger partial charge in [-0.2, -0.15) is 0 Å². The van der Waals surface area contributed by atoms with Crippen LogP contribution in [0.25, 0.3) is 0 Å². The number of rotatable bonds is 5. The third-order valence-corrected chi connectivity index (χ3v) is 4.00. The van der Waals surface area contributed by atoms with Gasteiger partial charge in [-0.25, -0.2) is 13.1 Å². The van der Waals surface area contributed by atoms with Crippen LogP contribution in [-0.2, 0) is 16.6 Å². The summed E-state index contributed by atoms with van der Waals surface area (Å²) >= 11 is 11.8. The molecule has 0 aliphatic rings. The molecule has 0 amide bonds. The molecule has 1 aromatic carbocycles. The minimum absolute atomic E-state index is 0.0175. The molecule has 1 rings (SSSR count). The first kappa shape index (κ1) is 14.6. The Morgan fingerprint density at radius 3 is 2.53 bits per heavy atom. The van der Waals surface area contributed by atoms with Crippen LogP contribution in [0.5, 0.6) is 5.75 Å². The number of nitrogens with one attached hydrogen (secondary N) is 1. The highest BCUT2D eigenvalue weighted by molar-refractivity contribution is 7.89. The predicted molar refractivity (Wildman–Crippen MR) is 69.3 cm³/mol. The van der Waals surface area contributed by atoms with E-state index in [0.29, 0.717) is 21.4 Å². The Hall–Kier alpha value is -0.490. The average molecular weight is 298 g/mol. The summed E-state index contributed by atoms with van der Waals surface area (Å²) < 4.78 is 30.2. The van der Waals surface area contributed by atoms with E-state index in [1.54, 1.807) is 19.1 Å². The monoisotopic (exact) mass is 297 g/mol. The van der Waals surface area contributed by atoms with Crippen LogP contribution in [-0.4, -0.2) is 21.3 Å². The van der Waals surface area contributed by atoms with Crippen LogP contribution in [0.1, 0.15) is 12.5 Å². The second-order valence-electron chi connectivity index (χ2n) is 3.30. The quantitative estimate of drug-likeness (QED) is 0.908. The SMILES string of the molecule is CCS(=O)(=O)NCc1cc(Cl)cc(Cl)c1OC. The number of sulfonamides is 1. The number of halogens is 2. The van der Waals surface area contributed by atoms with Crippen molar-refractivity contribution in [3.63, 3.8) is 0 Å². The van der Waals surface area contributed by atoms with Crippen molar-refractivity contribution in [2.45, 2.75) is 13.5 Å². The summed E-state index contributed by atoms with van der Waals surface area (Å²) in [5.74, 6) is 0.443. The van der Waals surface area contributed by atoms with Gasteiger partial charge in [0.25, 0.3) is 0 Å². The Balaban J connectivity index is 2.98. The van der Waals surface area contributed by atoms with Crippen LogP contribution in [0.4, 0.5) is 0 Å². The molecule has 17 heavy (non-hydrogen) atoms. The zero-order chi connectivity index (χ0) is 13.1. The third-order valence-electron chi connectivity index (χ3n) is 2.15. The van der Waals surface area contributed by atoms with Gasteiger partial charge >= 0.3 is 0 Å². The number of ether oxygens (including phenoxy) is 1. The fourth-order valence-electron chi connectivity index (χ4n) is 1.26. The molecule has 0 saturated heterocycles. The average Bonchev–Trinajstić information content (AvgIpc) is 2.26. The third kappa shape index (κ3) is 4.03. The minimum Gasteiger partial charge on any atom is -0.495 e. The van der Waals surface area contributed by atoms with Gasteiger partial charge < -0.3 is 4.74 Å². The summed E-state index contributed by atoms with van der Waals surface area (Å²) in [6.45, 7) is 1.66. The normalized spacial score (nSPS) is 11.5. The second-order valence-corrected chi connectivity index (χ2v) is 6.24. The lowest BCUT2D eigenvalue weighted by Gasteiger charge is -2.11. The molecule has 0 aliphatic carbocycles. The van der Waals surface area contributed by atoms with E-state index in [1.165, 1.54) is 7.11 Å². The molecule has 0 bridgehead atoms. The number of benzene rings is 1. The van der Waals surface area contributed by atoms with Gasteiger partial charge in [0.1, 0.15) is 5.75 Å². The Labute approximate surface area is 111 Å². The van der Waals surface area contributed by atoms with Crippen LogP contribution in [0.15, 0.2) is 12.1 Å². The van der Waals surface area contributed by atoms with Crippen molar-refractivity contribution in [2.75, 3.05) is 12.9 Å². The highest BCUT2D eigenvalue weighted by Crippen LogP contribution is 2.32. The van der Waals surface area contributed by atoms with Crippen LogP contribution in [0, 0.1) is 0 Å². The summed E-state index contributed by atoms with van der Waals surface area (Å²) in [6, 6.07) is 3.16. The van der Waals surface area contributed by atoms with Gasteiger partial charge in [-0.15, -0.1) is 0 Å². The fourth-order valence-corrected chi connectivity index (χ4v) is 2.46. The molecule has 0 atom stereocenters. The van der Waals surface area contributed by atoms with E-state index in [-0.39, 0.29) is 12.3 Å². The summed E-state index contributed by atoms with van der Waals surface area (Å²) in [4.78, 5) is 0. The van der Waals surface area contributed by atoms with E-state index in [1.807, 2.05) is 0 Å². The molecule has 4 nitrogen and oxygen atoms in total. The Kier molecular flexibility index (Phi) is 5.06. The standard InChI is InChI=1S/C10H13Cl2NO3S/c1-3-17(14,15)13-6-7-4-8(11)5-9(12)10(7)16-2/h4-5,13H,3,6H2,1-2H3. The van der Waals surface area contributed by atoms with Gasteiger partial charge in [-0.05, 0) is 19.1 Å². The molecule has 7 heteroatoms. The predicted octanol–water partition coefficient (Wildman–Crippen LogP) is 2.44. The molecule has 1 N–H and O–H groups in total. The Morgan fingerprint density at radius 1 is 1.35 bits per heavy atom. The summed E-state index contributed by atoms with van der Waals surface area (Å²) in [7, 11) is -1.79. The van der Waals surface area contributed by atoms with Gasteiger partial charge in [-0.1, -0.05) is 23.2 Å². The van der Waals surface area contributed by atoms with Crippen LogP contribution >= 0.6 is 23.2 Å². The first-order valence-electron chi connectivity index (χ1n) is 4.89. The van der Waals surface area contributed by atoms with Crippen molar-refractivity contribution in [2.24, 2.45) is 0 Å².